The number of aromatic nitrogens is 3. The molecule has 6 heteroatoms. The Labute approximate surface area is 143 Å². The minimum atomic E-state index is -0.250. The normalized spacial score (nSPS) is 11.1. The van der Waals surface area contributed by atoms with Gasteiger partial charge in [-0.2, -0.15) is 0 Å². The van der Waals surface area contributed by atoms with Crippen LogP contribution in [0.5, 0.6) is 0 Å². The van der Waals surface area contributed by atoms with E-state index in [9.17, 15) is 4.79 Å². The van der Waals surface area contributed by atoms with E-state index in [1.54, 1.807) is 0 Å². The predicted octanol–water partition coefficient (Wildman–Crippen LogP) is 2.87. The number of pyridine rings is 1. The van der Waals surface area contributed by atoms with Gasteiger partial charge in [0.15, 0.2) is 5.65 Å². The number of fused-ring (bicyclic) bond motifs is 1. The first-order valence-corrected chi connectivity index (χ1v) is 8.56. The zero-order valence-electron chi connectivity index (χ0n) is 15.5. The second kappa shape index (κ2) is 7.55. The number of aryl methyl sites for hydroxylation is 2. The second-order valence-corrected chi connectivity index (χ2v) is 6.43. The molecule has 2 rings (SSSR count). The first-order chi connectivity index (χ1) is 11.4. The number of carbonyl (C=O) groups excluding carboxylic acids is 1. The quantitative estimate of drug-likeness (QED) is 0.882. The standard InChI is InChI=1S/C18H27N5O/c1-7-23(8-2)17-14-12(5)9-13(6)20-15(14)21-16(22-17)18(24)19-10-11(3)4/h9,11H,7-8,10H2,1-6H3,(H,19,24). The summed E-state index contributed by atoms with van der Waals surface area (Å²) >= 11 is 0. The Balaban J connectivity index is 2.60. The third kappa shape index (κ3) is 3.80. The SMILES string of the molecule is CCN(CC)c1nc(C(=O)NCC(C)C)nc2nc(C)cc(C)c12. The van der Waals surface area contributed by atoms with Crippen molar-refractivity contribution >= 4 is 22.8 Å². The maximum Gasteiger partial charge on any atom is 0.289 e. The summed E-state index contributed by atoms with van der Waals surface area (Å²) in [6.07, 6.45) is 0. The van der Waals surface area contributed by atoms with Crippen molar-refractivity contribution in [1.82, 2.24) is 20.3 Å². The monoisotopic (exact) mass is 329 g/mol. The van der Waals surface area contributed by atoms with E-state index in [4.69, 9.17) is 0 Å². The van der Waals surface area contributed by atoms with Gasteiger partial charge in [0, 0.05) is 25.3 Å². The van der Waals surface area contributed by atoms with Gasteiger partial charge in [-0.3, -0.25) is 4.79 Å². The van der Waals surface area contributed by atoms with Crippen LogP contribution in [0.15, 0.2) is 6.07 Å². The van der Waals surface area contributed by atoms with Crippen LogP contribution < -0.4 is 10.2 Å². The number of rotatable bonds is 6. The minimum Gasteiger partial charge on any atom is -0.356 e. The summed E-state index contributed by atoms with van der Waals surface area (Å²) in [7, 11) is 0. The molecule has 1 amide bonds. The predicted molar refractivity (Wildman–Crippen MR) is 97.5 cm³/mol. The van der Waals surface area contributed by atoms with Gasteiger partial charge in [-0.25, -0.2) is 15.0 Å². The highest BCUT2D eigenvalue weighted by Crippen LogP contribution is 2.26. The van der Waals surface area contributed by atoms with Crippen LogP contribution in [0.1, 0.15) is 49.6 Å². The zero-order chi connectivity index (χ0) is 17.9. The highest BCUT2D eigenvalue weighted by atomic mass is 16.2. The van der Waals surface area contributed by atoms with E-state index >= 15 is 0 Å². The van der Waals surface area contributed by atoms with E-state index in [2.05, 4.69) is 52.9 Å². The molecule has 2 heterocycles. The Morgan fingerprint density at radius 3 is 2.42 bits per heavy atom. The van der Waals surface area contributed by atoms with Crippen molar-refractivity contribution in [3.05, 3.63) is 23.1 Å². The lowest BCUT2D eigenvalue weighted by molar-refractivity contribution is 0.0939. The van der Waals surface area contributed by atoms with Crippen LogP contribution in [-0.4, -0.2) is 40.5 Å². The molecule has 2 aromatic heterocycles. The summed E-state index contributed by atoms with van der Waals surface area (Å²) in [4.78, 5) is 28.1. The Morgan fingerprint density at radius 2 is 1.83 bits per heavy atom. The number of amides is 1. The van der Waals surface area contributed by atoms with Crippen LogP contribution in [0.25, 0.3) is 11.0 Å². The lowest BCUT2D eigenvalue weighted by Crippen LogP contribution is -2.30. The van der Waals surface area contributed by atoms with Crippen LogP contribution in [-0.2, 0) is 0 Å². The van der Waals surface area contributed by atoms with E-state index in [0.29, 0.717) is 18.1 Å². The maximum atomic E-state index is 12.4. The summed E-state index contributed by atoms with van der Waals surface area (Å²) in [6.45, 7) is 14.4. The van der Waals surface area contributed by atoms with Gasteiger partial charge in [0.25, 0.3) is 5.91 Å². The summed E-state index contributed by atoms with van der Waals surface area (Å²) < 4.78 is 0. The number of hydrogen-bond donors (Lipinski definition) is 1. The van der Waals surface area contributed by atoms with Crippen molar-refractivity contribution in [1.29, 1.82) is 0 Å². The zero-order valence-corrected chi connectivity index (χ0v) is 15.5. The van der Waals surface area contributed by atoms with Gasteiger partial charge in [0.05, 0.1) is 5.39 Å². The highest BCUT2D eigenvalue weighted by molar-refractivity contribution is 5.96. The molecule has 24 heavy (non-hydrogen) atoms. The molecule has 0 fully saturated rings. The molecule has 130 valence electrons. The number of anilines is 1. The van der Waals surface area contributed by atoms with Crippen LogP contribution in [0.3, 0.4) is 0 Å². The van der Waals surface area contributed by atoms with Gasteiger partial charge in [-0.05, 0) is 45.2 Å². The lowest BCUT2D eigenvalue weighted by Gasteiger charge is -2.22. The molecule has 0 unspecified atom stereocenters. The Bertz CT molecular complexity index is 738. The number of hydrogen-bond acceptors (Lipinski definition) is 5. The molecular weight excluding hydrogens is 302 g/mol. The van der Waals surface area contributed by atoms with Gasteiger partial charge >= 0.3 is 0 Å². The smallest absolute Gasteiger partial charge is 0.289 e. The molecule has 0 aliphatic rings. The molecule has 6 nitrogen and oxygen atoms in total. The number of carbonyl (C=O) groups is 1. The summed E-state index contributed by atoms with van der Waals surface area (Å²) in [5.74, 6) is 1.09. The molecule has 0 bridgehead atoms. The Morgan fingerprint density at radius 1 is 1.17 bits per heavy atom. The topological polar surface area (TPSA) is 71.0 Å². The van der Waals surface area contributed by atoms with E-state index in [1.807, 2.05) is 19.9 Å². The van der Waals surface area contributed by atoms with E-state index in [1.165, 1.54) is 0 Å². The molecule has 0 spiro atoms. The average molecular weight is 329 g/mol. The van der Waals surface area contributed by atoms with Crippen molar-refractivity contribution in [2.75, 3.05) is 24.5 Å². The van der Waals surface area contributed by atoms with Gasteiger partial charge < -0.3 is 10.2 Å². The van der Waals surface area contributed by atoms with Crippen molar-refractivity contribution in [3.63, 3.8) is 0 Å². The summed E-state index contributed by atoms with van der Waals surface area (Å²) in [5, 5.41) is 3.81. The Kier molecular flexibility index (Phi) is 5.70. The largest absolute Gasteiger partial charge is 0.356 e. The van der Waals surface area contributed by atoms with Crippen molar-refractivity contribution in [2.45, 2.75) is 41.5 Å². The molecule has 0 aromatic carbocycles. The molecule has 0 aliphatic carbocycles. The van der Waals surface area contributed by atoms with Crippen molar-refractivity contribution < 1.29 is 4.79 Å². The van der Waals surface area contributed by atoms with E-state index in [0.717, 1.165) is 35.6 Å². The first-order valence-electron chi connectivity index (χ1n) is 8.56. The van der Waals surface area contributed by atoms with Crippen molar-refractivity contribution in [2.24, 2.45) is 5.92 Å². The molecular formula is C18H27N5O. The minimum absolute atomic E-state index is 0.183. The van der Waals surface area contributed by atoms with Gasteiger partial charge in [-0.15, -0.1) is 0 Å². The summed E-state index contributed by atoms with van der Waals surface area (Å²) in [6, 6.07) is 2.03. The first kappa shape index (κ1) is 18.1. The fourth-order valence-corrected chi connectivity index (χ4v) is 2.69. The van der Waals surface area contributed by atoms with Crippen LogP contribution in [0, 0.1) is 19.8 Å². The van der Waals surface area contributed by atoms with Gasteiger partial charge in [0.2, 0.25) is 5.82 Å². The third-order valence-corrected chi connectivity index (χ3v) is 3.91. The lowest BCUT2D eigenvalue weighted by atomic mass is 10.1. The van der Waals surface area contributed by atoms with E-state index < -0.39 is 0 Å². The molecule has 0 aliphatic heterocycles. The van der Waals surface area contributed by atoms with Crippen LogP contribution in [0.4, 0.5) is 5.82 Å². The molecule has 0 saturated carbocycles. The highest BCUT2D eigenvalue weighted by Gasteiger charge is 2.19. The fraction of sp³-hybridized carbons (Fsp3) is 0.556. The van der Waals surface area contributed by atoms with Gasteiger partial charge in [-0.1, -0.05) is 13.8 Å². The van der Waals surface area contributed by atoms with Gasteiger partial charge in [0.1, 0.15) is 5.82 Å². The molecule has 0 atom stereocenters. The molecule has 0 saturated heterocycles. The number of nitrogens with zero attached hydrogens (tertiary/aromatic N) is 4. The second-order valence-electron chi connectivity index (χ2n) is 6.43. The van der Waals surface area contributed by atoms with Crippen molar-refractivity contribution in [3.8, 4) is 0 Å². The summed E-state index contributed by atoms with van der Waals surface area (Å²) in [5.41, 5.74) is 2.55. The number of nitrogens with one attached hydrogen (secondary N) is 1. The maximum absolute atomic E-state index is 12.4. The van der Waals surface area contributed by atoms with Crippen LogP contribution in [0.2, 0.25) is 0 Å². The van der Waals surface area contributed by atoms with E-state index in [-0.39, 0.29) is 11.7 Å². The molecule has 0 radical (unpaired) electrons. The molecule has 1 N–H and O–H groups in total. The Hall–Kier alpha value is -2.24. The molecule has 2 aromatic rings. The third-order valence-electron chi connectivity index (χ3n) is 3.91. The average Bonchev–Trinajstić information content (AvgIpc) is 2.52. The fourth-order valence-electron chi connectivity index (χ4n) is 2.69. The van der Waals surface area contributed by atoms with Crippen LogP contribution >= 0.6 is 0 Å².